The molecule has 0 aromatic heterocycles. The van der Waals surface area contributed by atoms with Crippen molar-refractivity contribution >= 4 is 17.5 Å². The molecule has 1 aromatic carbocycles. The van der Waals surface area contributed by atoms with Gasteiger partial charge in [0.2, 0.25) is 5.91 Å². The molecule has 112 valence electrons. The van der Waals surface area contributed by atoms with Gasteiger partial charge in [-0.2, -0.15) is 5.10 Å². The topological polar surface area (TPSA) is 70.6 Å². The molecule has 0 saturated heterocycles. The smallest absolute Gasteiger partial charge is 0.251 e. The highest BCUT2D eigenvalue weighted by Gasteiger charge is 2.21. The Morgan fingerprint density at radius 1 is 1.38 bits per heavy atom. The Kier molecular flexibility index (Phi) is 4.73. The van der Waals surface area contributed by atoms with Gasteiger partial charge >= 0.3 is 0 Å². The summed E-state index contributed by atoms with van der Waals surface area (Å²) in [6.45, 7) is 6.75. The van der Waals surface area contributed by atoms with Crippen molar-refractivity contribution in [3.8, 4) is 0 Å². The van der Waals surface area contributed by atoms with Crippen molar-refractivity contribution in [3.05, 3.63) is 35.4 Å². The Morgan fingerprint density at radius 3 is 2.62 bits per heavy atom. The van der Waals surface area contributed by atoms with E-state index in [1.165, 1.54) is 0 Å². The Labute approximate surface area is 124 Å². The molecule has 5 heteroatoms. The van der Waals surface area contributed by atoms with Gasteiger partial charge in [0.05, 0.1) is 5.71 Å². The van der Waals surface area contributed by atoms with Gasteiger partial charge in [-0.1, -0.05) is 32.9 Å². The SMILES string of the molecule is CC(C)CNC(=O)c1ccc(C2=NNC(=O)CC2C)cc1. The number of carbonyl (C=O) groups is 2. The Hall–Kier alpha value is -2.17. The molecule has 1 aliphatic rings. The number of hydrazone groups is 1. The third kappa shape index (κ3) is 3.90. The number of hydrogen-bond acceptors (Lipinski definition) is 3. The third-order valence-electron chi connectivity index (χ3n) is 3.37. The molecule has 1 unspecified atom stereocenters. The largest absolute Gasteiger partial charge is 0.352 e. The highest BCUT2D eigenvalue weighted by molar-refractivity contribution is 6.06. The lowest BCUT2D eigenvalue weighted by molar-refractivity contribution is -0.121. The molecule has 1 aliphatic heterocycles. The predicted molar refractivity (Wildman–Crippen MR) is 82.1 cm³/mol. The number of hydrogen-bond donors (Lipinski definition) is 2. The summed E-state index contributed by atoms with van der Waals surface area (Å²) in [7, 11) is 0. The van der Waals surface area contributed by atoms with E-state index in [-0.39, 0.29) is 17.7 Å². The van der Waals surface area contributed by atoms with Crippen molar-refractivity contribution < 1.29 is 9.59 Å². The lowest BCUT2D eigenvalue weighted by atomic mass is 9.93. The molecule has 0 aliphatic carbocycles. The van der Waals surface area contributed by atoms with Gasteiger partial charge in [-0.3, -0.25) is 9.59 Å². The first-order chi connectivity index (χ1) is 9.97. The second-order valence-corrected chi connectivity index (χ2v) is 5.82. The summed E-state index contributed by atoms with van der Waals surface area (Å²) in [5.41, 5.74) is 4.92. The highest BCUT2D eigenvalue weighted by Crippen LogP contribution is 2.17. The van der Waals surface area contributed by atoms with Crippen LogP contribution in [-0.2, 0) is 4.79 Å². The van der Waals surface area contributed by atoms with Crippen LogP contribution in [-0.4, -0.2) is 24.1 Å². The van der Waals surface area contributed by atoms with E-state index in [0.29, 0.717) is 24.4 Å². The first-order valence-corrected chi connectivity index (χ1v) is 7.22. The van der Waals surface area contributed by atoms with Gasteiger partial charge < -0.3 is 5.32 Å². The second-order valence-electron chi connectivity index (χ2n) is 5.82. The molecule has 0 radical (unpaired) electrons. The fourth-order valence-electron chi connectivity index (χ4n) is 2.19. The Bertz CT molecular complexity index is 561. The Morgan fingerprint density at radius 2 is 2.05 bits per heavy atom. The Balaban J connectivity index is 2.08. The second kappa shape index (κ2) is 6.52. The van der Waals surface area contributed by atoms with Crippen LogP contribution in [0.3, 0.4) is 0 Å². The lowest BCUT2D eigenvalue weighted by Crippen LogP contribution is -2.32. The summed E-state index contributed by atoms with van der Waals surface area (Å²) in [5, 5.41) is 7.00. The minimum absolute atomic E-state index is 0.0593. The van der Waals surface area contributed by atoms with Crippen molar-refractivity contribution in [1.82, 2.24) is 10.7 Å². The molecule has 1 heterocycles. The summed E-state index contributed by atoms with van der Waals surface area (Å²) in [4.78, 5) is 23.2. The fraction of sp³-hybridized carbons (Fsp3) is 0.438. The fourth-order valence-corrected chi connectivity index (χ4v) is 2.19. The molecule has 0 bridgehead atoms. The zero-order chi connectivity index (χ0) is 15.4. The maximum absolute atomic E-state index is 11.9. The van der Waals surface area contributed by atoms with E-state index in [9.17, 15) is 9.59 Å². The first kappa shape index (κ1) is 15.2. The van der Waals surface area contributed by atoms with Gasteiger partial charge in [-0.25, -0.2) is 5.43 Å². The van der Waals surface area contributed by atoms with E-state index >= 15 is 0 Å². The number of amides is 2. The summed E-state index contributed by atoms with van der Waals surface area (Å²) in [6.07, 6.45) is 0.440. The number of carbonyl (C=O) groups excluding carboxylic acids is 2. The quantitative estimate of drug-likeness (QED) is 0.888. The van der Waals surface area contributed by atoms with Crippen LogP contribution in [0.5, 0.6) is 0 Å². The minimum Gasteiger partial charge on any atom is -0.352 e. The van der Waals surface area contributed by atoms with Gasteiger partial charge in [0.1, 0.15) is 0 Å². The number of nitrogens with zero attached hydrogens (tertiary/aromatic N) is 1. The van der Waals surface area contributed by atoms with Gasteiger partial charge in [0, 0.05) is 24.4 Å². The number of benzene rings is 1. The summed E-state index contributed by atoms with van der Waals surface area (Å²) < 4.78 is 0. The number of rotatable bonds is 4. The van der Waals surface area contributed by atoms with Crippen molar-refractivity contribution in [2.24, 2.45) is 16.9 Å². The first-order valence-electron chi connectivity index (χ1n) is 7.22. The zero-order valence-electron chi connectivity index (χ0n) is 12.6. The molecular formula is C16H21N3O2. The third-order valence-corrected chi connectivity index (χ3v) is 3.37. The molecule has 0 spiro atoms. The van der Waals surface area contributed by atoms with Crippen LogP contribution in [0.2, 0.25) is 0 Å². The van der Waals surface area contributed by atoms with E-state index in [2.05, 4.69) is 29.7 Å². The van der Waals surface area contributed by atoms with E-state index in [0.717, 1.165) is 11.3 Å². The maximum atomic E-state index is 11.9. The monoisotopic (exact) mass is 287 g/mol. The van der Waals surface area contributed by atoms with Crippen molar-refractivity contribution in [2.45, 2.75) is 27.2 Å². The van der Waals surface area contributed by atoms with Crippen LogP contribution >= 0.6 is 0 Å². The molecule has 1 atom stereocenters. The summed E-state index contributed by atoms with van der Waals surface area (Å²) in [6, 6.07) is 7.32. The van der Waals surface area contributed by atoms with Gasteiger partial charge in [-0.05, 0) is 23.6 Å². The lowest BCUT2D eigenvalue weighted by Gasteiger charge is -2.19. The van der Waals surface area contributed by atoms with Crippen LogP contribution in [0.15, 0.2) is 29.4 Å². The van der Waals surface area contributed by atoms with Gasteiger partial charge in [-0.15, -0.1) is 0 Å². The van der Waals surface area contributed by atoms with Crippen LogP contribution in [0.1, 0.15) is 43.1 Å². The predicted octanol–water partition coefficient (Wildman–Crippen LogP) is 1.93. The molecule has 5 nitrogen and oxygen atoms in total. The molecule has 2 N–H and O–H groups in total. The molecule has 0 fully saturated rings. The summed E-state index contributed by atoms with van der Waals surface area (Å²) >= 11 is 0. The van der Waals surface area contributed by atoms with Crippen LogP contribution in [0.4, 0.5) is 0 Å². The van der Waals surface area contributed by atoms with E-state index in [4.69, 9.17) is 0 Å². The van der Waals surface area contributed by atoms with Crippen molar-refractivity contribution in [2.75, 3.05) is 6.54 Å². The van der Waals surface area contributed by atoms with Gasteiger partial charge in [0.15, 0.2) is 0 Å². The molecule has 2 amide bonds. The van der Waals surface area contributed by atoms with Crippen LogP contribution in [0.25, 0.3) is 0 Å². The standard InChI is InChI=1S/C16H21N3O2/c1-10(2)9-17-16(21)13-6-4-12(5-7-13)15-11(3)8-14(20)18-19-15/h4-7,10-11H,8-9H2,1-3H3,(H,17,21)(H,18,20). The molecule has 0 saturated carbocycles. The maximum Gasteiger partial charge on any atom is 0.251 e. The zero-order valence-corrected chi connectivity index (χ0v) is 12.6. The van der Waals surface area contributed by atoms with Crippen molar-refractivity contribution in [1.29, 1.82) is 0 Å². The average molecular weight is 287 g/mol. The van der Waals surface area contributed by atoms with E-state index < -0.39 is 0 Å². The molecule has 2 rings (SSSR count). The van der Waals surface area contributed by atoms with Gasteiger partial charge in [0.25, 0.3) is 5.91 Å². The normalized spacial score (nSPS) is 18.2. The molecule has 21 heavy (non-hydrogen) atoms. The summed E-state index contributed by atoms with van der Waals surface area (Å²) in [5.74, 6) is 0.381. The molecular weight excluding hydrogens is 266 g/mol. The highest BCUT2D eigenvalue weighted by atomic mass is 16.2. The average Bonchev–Trinajstić information content (AvgIpc) is 2.45. The minimum atomic E-state index is -0.0674. The molecule has 1 aromatic rings. The van der Waals surface area contributed by atoms with Crippen LogP contribution < -0.4 is 10.7 Å². The van der Waals surface area contributed by atoms with Crippen LogP contribution in [0, 0.1) is 11.8 Å². The number of nitrogens with one attached hydrogen (secondary N) is 2. The van der Waals surface area contributed by atoms with E-state index in [1.54, 1.807) is 12.1 Å². The van der Waals surface area contributed by atoms with E-state index in [1.807, 2.05) is 19.1 Å². The van der Waals surface area contributed by atoms with Crippen molar-refractivity contribution in [3.63, 3.8) is 0 Å².